The number of hydrogen-bond acceptors (Lipinski definition) is 2. The fourth-order valence-corrected chi connectivity index (χ4v) is 2.86. The first-order chi connectivity index (χ1) is 8.60. The van der Waals surface area contributed by atoms with Gasteiger partial charge in [0.15, 0.2) is 0 Å². The minimum atomic E-state index is 0.571. The Hall–Kier alpha value is -0.890. The van der Waals surface area contributed by atoms with E-state index in [1.807, 2.05) is 18.2 Å². The molecule has 1 fully saturated rings. The summed E-state index contributed by atoms with van der Waals surface area (Å²) in [5.41, 5.74) is 1.10. The fourth-order valence-electron chi connectivity index (χ4n) is 2.66. The van der Waals surface area contributed by atoms with Crippen molar-refractivity contribution in [3.05, 3.63) is 23.2 Å². The van der Waals surface area contributed by atoms with Crippen LogP contribution in [0.2, 0.25) is 5.02 Å². The summed E-state index contributed by atoms with van der Waals surface area (Å²) in [5, 5.41) is 4.26. The zero-order valence-corrected chi connectivity index (χ0v) is 12.1. The van der Waals surface area contributed by atoms with Crippen LogP contribution in [-0.2, 0) is 0 Å². The number of halogens is 1. The average Bonchev–Trinajstić information content (AvgIpc) is 2.36. The molecule has 2 nitrogen and oxygen atoms in total. The maximum Gasteiger partial charge on any atom is 0.139 e. The molecule has 0 bridgehead atoms. The van der Waals surface area contributed by atoms with Crippen LogP contribution >= 0.6 is 11.6 Å². The van der Waals surface area contributed by atoms with E-state index in [0.717, 1.165) is 23.3 Å². The predicted octanol–water partition coefficient (Wildman–Crippen LogP) is 4.59. The first-order valence-electron chi connectivity index (χ1n) is 6.70. The highest BCUT2D eigenvalue weighted by Crippen LogP contribution is 2.33. The summed E-state index contributed by atoms with van der Waals surface area (Å²) in [6.07, 6.45) is 3.80. The summed E-state index contributed by atoms with van der Waals surface area (Å²) in [7, 11) is 1.65. The van der Waals surface area contributed by atoms with Crippen LogP contribution in [0.1, 0.15) is 33.1 Å². The van der Waals surface area contributed by atoms with Crippen molar-refractivity contribution in [2.75, 3.05) is 12.4 Å². The van der Waals surface area contributed by atoms with Crippen LogP contribution in [0.15, 0.2) is 18.2 Å². The first kappa shape index (κ1) is 13.5. The van der Waals surface area contributed by atoms with Gasteiger partial charge in [-0.05, 0) is 43.2 Å². The molecule has 0 spiro atoms. The van der Waals surface area contributed by atoms with Crippen LogP contribution in [-0.4, -0.2) is 13.2 Å². The van der Waals surface area contributed by atoms with Crippen molar-refractivity contribution in [3.8, 4) is 5.75 Å². The molecular weight excluding hydrogens is 246 g/mol. The molecule has 0 aromatic heterocycles. The molecule has 0 radical (unpaired) electrons. The van der Waals surface area contributed by atoms with Gasteiger partial charge in [0.05, 0.1) is 12.1 Å². The highest BCUT2D eigenvalue weighted by molar-refractivity contribution is 6.32. The number of hydrogen-bond donors (Lipinski definition) is 1. The molecule has 1 aliphatic rings. The Kier molecular flexibility index (Phi) is 4.39. The molecule has 2 rings (SSSR count). The van der Waals surface area contributed by atoms with Gasteiger partial charge in [-0.3, -0.25) is 0 Å². The lowest BCUT2D eigenvalue weighted by atomic mass is 9.79. The largest absolute Gasteiger partial charge is 0.495 e. The Labute approximate surface area is 115 Å². The molecule has 1 aliphatic carbocycles. The number of ether oxygens (including phenoxy) is 1. The summed E-state index contributed by atoms with van der Waals surface area (Å²) in [6, 6.07) is 6.46. The highest BCUT2D eigenvalue weighted by atomic mass is 35.5. The quantitative estimate of drug-likeness (QED) is 0.865. The van der Waals surface area contributed by atoms with Gasteiger partial charge in [-0.2, -0.15) is 0 Å². The summed E-state index contributed by atoms with van der Waals surface area (Å²) in [4.78, 5) is 0. The molecule has 3 heteroatoms. The molecule has 18 heavy (non-hydrogen) atoms. The smallest absolute Gasteiger partial charge is 0.139 e. The average molecular weight is 268 g/mol. The first-order valence-corrected chi connectivity index (χ1v) is 7.08. The van der Waals surface area contributed by atoms with Crippen LogP contribution in [0.4, 0.5) is 5.69 Å². The number of methoxy groups -OCH3 is 1. The molecule has 1 saturated carbocycles. The Balaban J connectivity index is 2.01. The lowest BCUT2D eigenvalue weighted by molar-refractivity contribution is 0.261. The molecule has 100 valence electrons. The van der Waals surface area contributed by atoms with Gasteiger partial charge in [-0.15, -0.1) is 0 Å². The van der Waals surface area contributed by atoms with E-state index in [4.69, 9.17) is 16.3 Å². The summed E-state index contributed by atoms with van der Waals surface area (Å²) < 4.78 is 5.24. The second-order valence-corrected chi connectivity index (χ2v) is 5.87. The van der Waals surface area contributed by atoms with Crippen LogP contribution in [0.25, 0.3) is 0 Å². The van der Waals surface area contributed by atoms with E-state index in [-0.39, 0.29) is 0 Å². The van der Waals surface area contributed by atoms with Crippen molar-refractivity contribution in [1.29, 1.82) is 0 Å². The van der Waals surface area contributed by atoms with Crippen molar-refractivity contribution < 1.29 is 4.74 Å². The summed E-state index contributed by atoms with van der Waals surface area (Å²) >= 11 is 6.03. The van der Waals surface area contributed by atoms with Crippen LogP contribution in [0.3, 0.4) is 0 Å². The monoisotopic (exact) mass is 267 g/mol. The summed E-state index contributed by atoms with van der Waals surface area (Å²) in [6.45, 7) is 4.70. The summed E-state index contributed by atoms with van der Waals surface area (Å²) in [5.74, 6) is 2.38. The topological polar surface area (TPSA) is 21.3 Å². The molecule has 1 aromatic rings. The predicted molar refractivity (Wildman–Crippen MR) is 77.6 cm³/mol. The Morgan fingerprint density at radius 3 is 2.67 bits per heavy atom. The molecule has 1 N–H and O–H groups in total. The van der Waals surface area contributed by atoms with E-state index in [1.54, 1.807) is 7.11 Å². The van der Waals surface area contributed by atoms with Gasteiger partial charge < -0.3 is 10.1 Å². The zero-order valence-electron chi connectivity index (χ0n) is 11.4. The van der Waals surface area contributed by atoms with Crippen LogP contribution in [0, 0.1) is 11.8 Å². The minimum absolute atomic E-state index is 0.571. The lowest BCUT2D eigenvalue weighted by Crippen LogP contribution is -2.30. The molecule has 3 atom stereocenters. The third-order valence-electron chi connectivity index (χ3n) is 4.12. The molecule has 0 amide bonds. The SMILES string of the molecule is COc1cc(NC2CCC(C)C(C)C2)ccc1Cl. The zero-order chi connectivity index (χ0) is 13.1. The highest BCUT2D eigenvalue weighted by Gasteiger charge is 2.24. The molecule has 0 heterocycles. The van der Waals surface area contributed by atoms with Crippen LogP contribution < -0.4 is 10.1 Å². The lowest BCUT2D eigenvalue weighted by Gasteiger charge is -2.33. The second kappa shape index (κ2) is 5.83. The Morgan fingerprint density at radius 2 is 2.00 bits per heavy atom. The van der Waals surface area contributed by atoms with Gasteiger partial charge in [0.1, 0.15) is 5.75 Å². The molecule has 0 aliphatic heterocycles. The maximum absolute atomic E-state index is 6.03. The van der Waals surface area contributed by atoms with E-state index in [0.29, 0.717) is 11.1 Å². The molecular formula is C15H22ClNO. The number of rotatable bonds is 3. The normalized spacial score (nSPS) is 27.9. The van der Waals surface area contributed by atoms with Gasteiger partial charge in [0.2, 0.25) is 0 Å². The third kappa shape index (κ3) is 3.11. The van der Waals surface area contributed by atoms with Gasteiger partial charge in [0, 0.05) is 17.8 Å². The van der Waals surface area contributed by atoms with Crippen molar-refractivity contribution >= 4 is 17.3 Å². The standard InChI is InChI=1S/C15H22ClNO/c1-10-4-5-12(8-11(10)2)17-13-6-7-14(16)15(9-13)18-3/h6-7,9-12,17H,4-5,8H2,1-3H3. The fraction of sp³-hybridized carbons (Fsp3) is 0.600. The maximum atomic E-state index is 6.03. The van der Waals surface area contributed by atoms with Crippen molar-refractivity contribution in [2.24, 2.45) is 11.8 Å². The van der Waals surface area contributed by atoms with E-state index < -0.39 is 0 Å². The van der Waals surface area contributed by atoms with Gasteiger partial charge >= 0.3 is 0 Å². The molecule has 3 unspecified atom stereocenters. The van der Waals surface area contributed by atoms with Crippen LogP contribution in [0.5, 0.6) is 5.75 Å². The number of benzene rings is 1. The van der Waals surface area contributed by atoms with E-state index in [1.165, 1.54) is 19.3 Å². The van der Waals surface area contributed by atoms with Gasteiger partial charge in [-0.25, -0.2) is 0 Å². The van der Waals surface area contributed by atoms with E-state index in [9.17, 15) is 0 Å². The number of anilines is 1. The third-order valence-corrected chi connectivity index (χ3v) is 4.43. The Bertz CT molecular complexity index is 407. The van der Waals surface area contributed by atoms with E-state index >= 15 is 0 Å². The Morgan fingerprint density at radius 1 is 1.22 bits per heavy atom. The molecule has 0 saturated heterocycles. The molecule has 1 aromatic carbocycles. The van der Waals surface area contributed by atoms with E-state index in [2.05, 4.69) is 19.2 Å². The van der Waals surface area contributed by atoms with Gasteiger partial charge in [-0.1, -0.05) is 25.4 Å². The number of nitrogens with one attached hydrogen (secondary N) is 1. The van der Waals surface area contributed by atoms with Crippen molar-refractivity contribution in [3.63, 3.8) is 0 Å². The van der Waals surface area contributed by atoms with Gasteiger partial charge in [0.25, 0.3) is 0 Å². The second-order valence-electron chi connectivity index (χ2n) is 5.46. The van der Waals surface area contributed by atoms with Crippen molar-refractivity contribution in [1.82, 2.24) is 0 Å². The van der Waals surface area contributed by atoms with Crippen molar-refractivity contribution in [2.45, 2.75) is 39.2 Å². The minimum Gasteiger partial charge on any atom is -0.495 e.